The second kappa shape index (κ2) is 6.63. The Bertz CT molecular complexity index is 626. The molecule has 2 heterocycles. The van der Waals surface area contributed by atoms with E-state index < -0.39 is 0 Å². The first kappa shape index (κ1) is 15.3. The minimum Gasteiger partial charge on any atom is -0.314 e. The molecule has 0 unspecified atom stereocenters. The van der Waals surface area contributed by atoms with Crippen LogP contribution < -0.4 is 5.32 Å². The molecule has 21 heavy (non-hydrogen) atoms. The maximum absolute atomic E-state index is 14.4. The molecule has 1 aliphatic heterocycles. The zero-order valence-electron chi connectivity index (χ0n) is 11.3. The summed E-state index contributed by atoms with van der Waals surface area (Å²) in [5, 5.41) is 3.74. The molecule has 1 aromatic carbocycles. The van der Waals surface area contributed by atoms with Crippen LogP contribution in [0.15, 0.2) is 30.3 Å². The number of nitrogens with zero attached hydrogens (tertiary/aromatic N) is 1. The van der Waals surface area contributed by atoms with Gasteiger partial charge in [-0.3, -0.25) is 4.90 Å². The Kier molecular flexibility index (Phi) is 4.82. The highest BCUT2D eigenvalue weighted by atomic mass is 35.5. The molecule has 0 spiro atoms. The summed E-state index contributed by atoms with van der Waals surface area (Å²) in [5.74, 6) is -0.268. The van der Waals surface area contributed by atoms with E-state index in [1.807, 2.05) is 12.1 Å². The molecule has 1 N–H and O–H groups in total. The molecule has 1 saturated heterocycles. The quantitative estimate of drug-likeness (QED) is 0.897. The van der Waals surface area contributed by atoms with Crippen molar-refractivity contribution in [2.45, 2.75) is 6.04 Å². The normalized spacial score (nSPS) is 17.9. The number of hydrogen-bond donors (Lipinski definition) is 1. The van der Waals surface area contributed by atoms with Gasteiger partial charge in [0, 0.05) is 41.6 Å². The molecule has 3 rings (SSSR count). The summed E-state index contributed by atoms with van der Waals surface area (Å²) in [7, 11) is 0. The van der Waals surface area contributed by atoms with Crippen molar-refractivity contribution < 1.29 is 4.39 Å². The Morgan fingerprint density at radius 3 is 2.52 bits per heavy atom. The van der Waals surface area contributed by atoms with Gasteiger partial charge in [-0.2, -0.15) is 0 Å². The van der Waals surface area contributed by atoms with Crippen molar-refractivity contribution >= 4 is 34.5 Å². The van der Waals surface area contributed by atoms with Gasteiger partial charge in [0.25, 0.3) is 0 Å². The molecule has 0 bridgehead atoms. The third kappa shape index (κ3) is 3.41. The van der Waals surface area contributed by atoms with Crippen molar-refractivity contribution in [3.8, 4) is 0 Å². The van der Waals surface area contributed by atoms with E-state index in [9.17, 15) is 4.39 Å². The maximum Gasteiger partial charge on any atom is 0.129 e. The van der Waals surface area contributed by atoms with Crippen LogP contribution in [0.4, 0.5) is 4.39 Å². The average Bonchev–Trinajstić information content (AvgIpc) is 2.89. The van der Waals surface area contributed by atoms with E-state index in [0.717, 1.165) is 35.4 Å². The predicted octanol–water partition coefficient (Wildman–Crippen LogP) is 4.19. The molecule has 1 fully saturated rings. The van der Waals surface area contributed by atoms with E-state index in [1.165, 1.54) is 17.4 Å². The SMILES string of the molecule is Fc1cc(Cl)ccc1[C@H](c1ccc(Cl)s1)N1CCNCC1. The fourth-order valence-electron chi connectivity index (χ4n) is 2.67. The third-order valence-corrected chi connectivity index (χ3v) is 5.16. The molecule has 1 atom stereocenters. The van der Waals surface area contributed by atoms with Gasteiger partial charge in [0.15, 0.2) is 0 Å². The summed E-state index contributed by atoms with van der Waals surface area (Å²) in [6.45, 7) is 3.57. The van der Waals surface area contributed by atoms with Gasteiger partial charge in [0.1, 0.15) is 5.82 Å². The van der Waals surface area contributed by atoms with Crippen molar-refractivity contribution in [2.75, 3.05) is 26.2 Å². The van der Waals surface area contributed by atoms with Crippen LogP contribution in [0.1, 0.15) is 16.5 Å². The highest BCUT2D eigenvalue weighted by molar-refractivity contribution is 7.16. The lowest BCUT2D eigenvalue weighted by atomic mass is 10.0. The third-order valence-electron chi connectivity index (χ3n) is 3.64. The topological polar surface area (TPSA) is 15.3 Å². The Morgan fingerprint density at radius 1 is 1.14 bits per heavy atom. The number of benzene rings is 1. The second-order valence-electron chi connectivity index (χ2n) is 5.00. The van der Waals surface area contributed by atoms with Crippen molar-refractivity contribution in [1.29, 1.82) is 0 Å². The minimum atomic E-state index is -0.268. The summed E-state index contributed by atoms with van der Waals surface area (Å²) in [6.07, 6.45) is 0. The molecule has 0 saturated carbocycles. The monoisotopic (exact) mass is 344 g/mol. The summed E-state index contributed by atoms with van der Waals surface area (Å²) >= 11 is 13.4. The Balaban J connectivity index is 2.02. The maximum atomic E-state index is 14.4. The van der Waals surface area contributed by atoms with Gasteiger partial charge in [-0.05, 0) is 24.3 Å². The molecular weight excluding hydrogens is 330 g/mol. The summed E-state index contributed by atoms with van der Waals surface area (Å²) in [4.78, 5) is 3.34. The summed E-state index contributed by atoms with van der Waals surface area (Å²) in [5.41, 5.74) is 0.653. The second-order valence-corrected chi connectivity index (χ2v) is 7.18. The van der Waals surface area contributed by atoms with Crippen LogP contribution in [0.25, 0.3) is 0 Å². The average molecular weight is 345 g/mol. The van der Waals surface area contributed by atoms with Gasteiger partial charge < -0.3 is 5.32 Å². The van der Waals surface area contributed by atoms with Crippen LogP contribution in [-0.4, -0.2) is 31.1 Å². The zero-order valence-corrected chi connectivity index (χ0v) is 13.6. The lowest BCUT2D eigenvalue weighted by Crippen LogP contribution is -2.45. The van der Waals surface area contributed by atoms with Crippen molar-refractivity contribution in [1.82, 2.24) is 10.2 Å². The number of rotatable bonds is 3. The van der Waals surface area contributed by atoms with Gasteiger partial charge in [-0.1, -0.05) is 29.3 Å². The van der Waals surface area contributed by atoms with E-state index >= 15 is 0 Å². The largest absolute Gasteiger partial charge is 0.314 e. The smallest absolute Gasteiger partial charge is 0.129 e. The van der Waals surface area contributed by atoms with E-state index in [-0.39, 0.29) is 11.9 Å². The number of thiophene rings is 1. The molecule has 0 radical (unpaired) electrons. The highest BCUT2D eigenvalue weighted by Crippen LogP contribution is 2.37. The molecule has 0 aliphatic carbocycles. The molecule has 1 aliphatic rings. The lowest BCUT2D eigenvalue weighted by Gasteiger charge is -2.34. The zero-order chi connectivity index (χ0) is 14.8. The first-order valence-electron chi connectivity index (χ1n) is 6.80. The molecule has 1 aromatic heterocycles. The summed E-state index contributed by atoms with van der Waals surface area (Å²) < 4.78 is 15.1. The van der Waals surface area contributed by atoms with Crippen LogP contribution in [0.5, 0.6) is 0 Å². The highest BCUT2D eigenvalue weighted by Gasteiger charge is 2.27. The number of hydrogen-bond acceptors (Lipinski definition) is 3. The van der Waals surface area contributed by atoms with E-state index in [2.05, 4.69) is 10.2 Å². The first-order valence-corrected chi connectivity index (χ1v) is 8.37. The molecule has 6 heteroatoms. The fraction of sp³-hybridized carbons (Fsp3) is 0.333. The Hall–Kier alpha value is -0.650. The van der Waals surface area contributed by atoms with Gasteiger partial charge in [0.05, 0.1) is 10.4 Å². The van der Waals surface area contributed by atoms with Crippen molar-refractivity contribution in [3.63, 3.8) is 0 Å². The molecule has 112 valence electrons. The number of halogens is 3. The minimum absolute atomic E-state index is 0.109. The van der Waals surface area contributed by atoms with Gasteiger partial charge in [-0.25, -0.2) is 4.39 Å². The van der Waals surface area contributed by atoms with Crippen LogP contribution in [0, 0.1) is 5.82 Å². The van der Waals surface area contributed by atoms with E-state index in [4.69, 9.17) is 23.2 Å². The number of nitrogens with one attached hydrogen (secondary N) is 1. The van der Waals surface area contributed by atoms with Crippen LogP contribution in [-0.2, 0) is 0 Å². The first-order chi connectivity index (χ1) is 10.1. The molecule has 2 nitrogen and oxygen atoms in total. The van der Waals surface area contributed by atoms with Gasteiger partial charge in [0.2, 0.25) is 0 Å². The van der Waals surface area contributed by atoms with E-state index in [1.54, 1.807) is 12.1 Å². The van der Waals surface area contributed by atoms with E-state index in [0.29, 0.717) is 10.6 Å². The number of piperazine rings is 1. The molecule has 2 aromatic rings. The lowest BCUT2D eigenvalue weighted by molar-refractivity contribution is 0.197. The standard InChI is InChI=1S/C15H15Cl2FN2S/c16-10-1-2-11(12(18)9-10)15(13-3-4-14(17)21-13)20-7-5-19-6-8-20/h1-4,9,15,19H,5-8H2/t15-/m1/s1. The fourth-order valence-corrected chi connectivity index (χ4v) is 4.04. The van der Waals surface area contributed by atoms with Crippen LogP contribution >= 0.6 is 34.5 Å². The summed E-state index contributed by atoms with van der Waals surface area (Å²) in [6, 6.07) is 8.63. The molecule has 0 amide bonds. The molecular formula is C15H15Cl2FN2S. The Morgan fingerprint density at radius 2 is 1.90 bits per heavy atom. The van der Waals surface area contributed by atoms with Crippen molar-refractivity contribution in [3.05, 3.63) is 55.9 Å². The van der Waals surface area contributed by atoms with Gasteiger partial charge >= 0.3 is 0 Å². The van der Waals surface area contributed by atoms with Crippen molar-refractivity contribution in [2.24, 2.45) is 0 Å². The van der Waals surface area contributed by atoms with Crippen LogP contribution in [0.2, 0.25) is 9.36 Å². The van der Waals surface area contributed by atoms with Crippen LogP contribution in [0.3, 0.4) is 0 Å². The predicted molar refractivity (Wildman–Crippen MR) is 87.0 cm³/mol. The van der Waals surface area contributed by atoms with Gasteiger partial charge in [-0.15, -0.1) is 11.3 Å². The Labute approximate surface area is 137 Å².